The van der Waals surface area contributed by atoms with Crippen molar-refractivity contribution >= 4 is 29.1 Å². The zero-order valence-corrected chi connectivity index (χ0v) is 16.7. The third kappa shape index (κ3) is 4.33. The predicted octanol–water partition coefficient (Wildman–Crippen LogP) is 3.76. The minimum atomic E-state index is -0.598. The zero-order chi connectivity index (χ0) is 21.1. The van der Waals surface area contributed by atoms with Gasteiger partial charge in [0, 0.05) is 24.3 Å². The second kappa shape index (κ2) is 8.62. The SMILES string of the molecule is O=C(Nc1ccc(Cl)cc1F)C1CCCN(C(=O)c2cc(-c3ccccn3)n[nH]2)C1. The maximum atomic E-state index is 14.0. The monoisotopic (exact) mass is 427 g/mol. The largest absolute Gasteiger partial charge is 0.337 e. The number of carbonyl (C=O) groups is 2. The predicted molar refractivity (Wildman–Crippen MR) is 110 cm³/mol. The molecule has 1 saturated heterocycles. The second-order valence-corrected chi connectivity index (χ2v) is 7.52. The van der Waals surface area contributed by atoms with Gasteiger partial charge in [-0.2, -0.15) is 5.10 Å². The Labute approximate surface area is 177 Å². The lowest BCUT2D eigenvalue weighted by atomic mass is 9.96. The maximum Gasteiger partial charge on any atom is 0.271 e. The topological polar surface area (TPSA) is 91.0 Å². The Hall–Kier alpha value is -3.26. The second-order valence-electron chi connectivity index (χ2n) is 7.09. The van der Waals surface area contributed by atoms with Crippen molar-refractivity contribution in [3.8, 4) is 11.4 Å². The van der Waals surface area contributed by atoms with Crippen molar-refractivity contribution in [2.24, 2.45) is 5.92 Å². The Morgan fingerprint density at radius 2 is 2.07 bits per heavy atom. The van der Waals surface area contributed by atoms with Gasteiger partial charge in [0.25, 0.3) is 5.91 Å². The van der Waals surface area contributed by atoms with Gasteiger partial charge < -0.3 is 10.2 Å². The van der Waals surface area contributed by atoms with Crippen LogP contribution < -0.4 is 5.32 Å². The number of rotatable bonds is 4. The lowest BCUT2D eigenvalue weighted by Gasteiger charge is -2.31. The number of pyridine rings is 1. The first kappa shape index (κ1) is 20.0. The van der Waals surface area contributed by atoms with Crippen LogP contribution in [0.4, 0.5) is 10.1 Å². The quantitative estimate of drug-likeness (QED) is 0.663. The Bertz CT molecular complexity index is 1070. The van der Waals surface area contributed by atoms with Gasteiger partial charge in [-0.1, -0.05) is 17.7 Å². The molecule has 0 radical (unpaired) electrons. The molecule has 2 aromatic heterocycles. The van der Waals surface area contributed by atoms with Crippen LogP contribution in [0.5, 0.6) is 0 Å². The molecular weight excluding hydrogens is 409 g/mol. The van der Waals surface area contributed by atoms with E-state index in [-0.39, 0.29) is 29.1 Å². The number of anilines is 1. The molecule has 3 heterocycles. The van der Waals surface area contributed by atoms with E-state index in [0.717, 1.165) is 6.07 Å². The van der Waals surface area contributed by atoms with Gasteiger partial charge in [-0.3, -0.25) is 19.7 Å². The smallest absolute Gasteiger partial charge is 0.271 e. The third-order valence-corrected chi connectivity index (χ3v) is 5.24. The van der Waals surface area contributed by atoms with Crippen molar-refractivity contribution in [1.29, 1.82) is 0 Å². The van der Waals surface area contributed by atoms with E-state index < -0.39 is 11.7 Å². The summed E-state index contributed by atoms with van der Waals surface area (Å²) >= 11 is 5.75. The highest BCUT2D eigenvalue weighted by molar-refractivity contribution is 6.30. The van der Waals surface area contributed by atoms with Gasteiger partial charge in [0.1, 0.15) is 17.2 Å². The van der Waals surface area contributed by atoms with Crippen LogP contribution in [0.1, 0.15) is 23.3 Å². The number of aromatic amines is 1. The molecule has 1 aliphatic heterocycles. The molecule has 0 spiro atoms. The maximum absolute atomic E-state index is 14.0. The minimum Gasteiger partial charge on any atom is -0.337 e. The van der Waals surface area contributed by atoms with E-state index >= 15 is 0 Å². The summed E-state index contributed by atoms with van der Waals surface area (Å²) in [6.45, 7) is 0.785. The molecule has 154 valence electrons. The van der Waals surface area contributed by atoms with Crippen LogP contribution in [0.25, 0.3) is 11.4 Å². The van der Waals surface area contributed by atoms with Crippen molar-refractivity contribution in [3.63, 3.8) is 0 Å². The molecule has 0 aliphatic carbocycles. The fourth-order valence-corrected chi connectivity index (χ4v) is 3.61. The first-order valence-corrected chi connectivity index (χ1v) is 9.91. The molecule has 9 heteroatoms. The molecular formula is C21H19ClFN5O2. The number of nitrogens with zero attached hydrogens (tertiary/aromatic N) is 3. The highest BCUT2D eigenvalue weighted by atomic mass is 35.5. The Kier molecular flexibility index (Phi) is 5.76. The van der Waals surface area contributed by atoms with Crippen LogP contribution in [-0.4, -0.2) is 45.0 Å². The zero-order valence-electron chi connectivity index (χ0n) is 15.9. The van der Waals surface area contributed by atoms with E-state index in [4.69, 9.17) is 11.6 Å². The summed E-state index contributed by atoms with van der Waals surface area (Å²) in [5.74, 6) is -1.59. The van der Waals surface area contributed by atoms with E-state index in [9.17, 15) is 14.0 Å². The third-order valence-electron chi connectivity index (χ3n) is 5.00. The van der Waals surface area contributed by atoms with Gasteiger partial charge in [0.15, 0.2) is 0 Å². The van der Waals surface area contributed by atoms with E-state index in [2.05, 4.69) is 20.5 Å². The fourth-order valence-electron chi connectivity index (χ4n) is 3.45. The van der Waals surface area contributed by atoms with Crippen molar-refractivity contribution in [3.05, 3.63) is 65.2 Å². The highest BCUT2D eigenvalue weighted by Crippen LogP contribution is 2.24. The van der Waals surface area contributed by atoms with Gasteiger partial charge in [0.2, 0.25) is 5.91 Å². The highest BCUT2D eigenvalue weighted by Gasteiger charge is 2.30. The summed E-state index contributed by atoms with van der Waals surface area (Å²) in [5.41, 5.74) is 1.64. The lowest BCUT2D eigenvalue weighted by molar-refractivity contribution is -0.121. The molecule has 0 bridgehead atoms. The van der Waals surface area contributed by atoms with Crippen LogP contribution in [0.15, 0.2) is 48.7 Å². The summed E-state index contributed by atoms with van der Waals surface area (Å²) in [6.07, 6.45) is 2.95. The number of halogens is 2. The van der Waals surface area contributed by atoms with Crippen molar-refractivity contribution < 1.29 is 14.0 Å². The van der Waals surface area contributed by atoms with Crippen LogP contribution >= 0.6 is 11.6 Å². The van der Waals surface area contributed by atoms with Crippen LogP contribution in [0.3, 0.4) is 0 Å². The molecule has 7 nitrogen and oxygen atoms in total. The average Bonchev–Trinajstić information content (AvgIpc) is 3.26. The van der Waals surface area contributed by atoms with Crippen LogP contribution in [-0.2, 0) is 4.79 Å². The number of benzene rings is 1. The number of hydrogen-bond acceptors (Lipinski definition) is 4. The lowest BCUT2D eigenvalue weighted by Crippen LogP contribution is -2.44. The minimum absolute atomic E-state index is 0.0708. The van der Waals surface area contributed by atoms with Crippen molar-refractivity contribution in [2.75, 3.05) is 18.4 Å². The standard InChI is InChI=1S/C21H19ClFN5O2/c22-14-6-7-16(15(23)10-14)25-20(29)13-4-3-9-28(12-13)21(30)19-11-18(26-27-19)17-5-1-2-8-24-17/h1-2,5-8,10-11,13H,3-4,9,12H2,(H,25,29)(H,26,27). The van der Waals surface area contributed by atoms with Gasteiger partial charge in [-0.25, -0.2) is 4.39 Å². The van der Waals surface area contributed by atoms with Crippen LogP contribution in [0.2, 0.25) is 5.02 Å². The van der Waals surface area contributed by atoms with Gasteiger partial charge in [0.05, 0.1) is 17.3 Å². The van der Waals surface area contributed by atoms with Crippen LogP contribution in [0, 0.1) is 11.7 Å². The Morgan fingerprint density at radius 1 is 1.20 bits per heavy atom. The summed E-state index contributed by atoms with van der Waals surface area (Å²) in [7, 11) is 0. The number of carbonyl (C=O) groups excluding carboxylic acids is 2. The Balaban J connectivity index is 1.43. The van der Waals surface area contributed by atoms with Gasteiger partial charge >= 0.3 is 0 Å². The molecule has 1 atom stereocenters. The van der Waals surface area contributed by atoms with Crippen molar-refractivity contribution in [1.82, 2.24) is 20.1 Å². The molecule has 0 saturated carbocycles. The molecule has 2 N–H and O–H groups in total. The molecule has 4 rings (SSSR count). The molecule has 3 aromatic rings. The van der Waals surface area contributed by atoms with E-state index in [1.165, 1.54) is 12.1 Å². The number of H-pyrrole nitrogens is 1. The first-order chi connectivity index (χ1) is 14.5. The summed E-state index contributed by atoms with van der Waals surface area (Å²) in [4.78, 5) is 31.3. The number of hydrogen-bond donors (Lipinski definition) is 2. The summed E-state index contributed by atoms with van der Waals surface area (Å²) in [5, 5.41) is 9.76. The molecule has 2 amide bonds. The number of piperidine rings is 1. The summed E-state index contributed by atoms with van der Waals surface area (Å²) in [6, 6.07) is 11.2. The van der Waals surface area contributed by atoms with E-state index in [0.29, 0.717) is 36.5 Å². The van der Waals surface area contributed by atoms with E-state index in [1.54, 1.807) is 23.2 Å². The molecule has 1 unspecified atom stereocenters. The number of aromatic nitrogens is 3. The number of likely N-dealkylation sites (tertiary alicyclic amines) is 1. The molecule has 30 heavy (non-hydrogen) atoms. The van der Waals surface area contributed by atoms with Gasteiger partial charge in [-0.05, 0) is 49.2 Å². The Morgan fingerprint density at radius 3 is 2.83 bits per heavy atom. The summed E-state index contributed by atoms with van der Waals surface area (Å²) < 4.78 is 14.0. The number of amides is 2. The average molecular weight is 428 g/mol. The van der Waals surface area contributed by atoms with Gasteiger partial charge in [-0.15, -0.1) is 0 Å². The fraction of sp³-hybridized carbons (Fsp3) is 0.238. The first-order valence-electron chi connectivity index (χ1n) is 9.53. The molecule has 1 aromatic carbocycles. The number of nitrogens with one attached hydrogen (secondary N) is 2. The van der Waals surface area contributed by atoms with Crippen molar-refractivity contribution in [2.45, 2.75) is 12.8 Å². The molecule has 1 aliphatic rings. The van der Waals surface area contributed by atoms with E-state index in [1.807, 2.05) is 12.1 Å². The normalized spacial score (nSPS) is 16.3. The molecule has 1 fully saturated rings.